The van der Waals surface area contributed by atoms with Crippen molar-refractivity contribution in [2.45, 2.75) is 6.04 Å². The fraction of sp³-hybridized carbons (Fsp3) is 0.273. The first-order chi connectivity index (χ1) is 7.38. The molecule has 0 aromatic heterocycles. The molecule has 0 saturated carbocycles. The van der Waals surface area contributed by atoms with Gasteiger partial charge in [0.05, 0.1) is 12.6 Å². The van der Waals surface area contributed by atoms with Gasteiger partial charge in [0, 0.05) is 12.2 Å². The van der Waals surface area contributed by atoms with Gasteiger partial charge in [0.1, 0.15) is 6.07 Å². The molecular weight excluding hydrogens is 188 g/mol. The van der Waals surface area contributed by atoms with Gasteiger partial charge in [0.15, 0.2) is 0 Å². The van der Waals surface area contributed by atoms with Gasteiger partial charge in [-0.05, 0) is 12.1 Å². The zero-order chi connectivity index (χ0) is 10.5. The molecule has 1 aliphatic rings. The molecule has 76 valence electrons. The number of nitrogens with one attached hydrogen (secondary N) is 2. The number of para-hydroxylation sites is 1. The largest absolute Gasteiger partial charge is 0.383 e. The molecule has 1 aromatic rings. The van der Waals surface area contributed by atoms with Crippen molar-refractivity contribution < 1.29 is 0 Å². The van der Waals surface area contributed by atoms with Crippen LogP contribution in [0.4, 0.5) is 5.69 Å². The number of anilines is 1. The Morgan fingerprint density at radius 1 is 1.47 bits per heavy atom. The molecule has 1 atom stereocenters. The number of nitriles is 1. The Morgan fingerprint density at radius 2 is 2.27 bits per heavy atom. The van der Waals surface area contributed by atoms with Crippen LogP contribution in [0, 0.1) is 11.3 Å². The smallest absolute Gasteiger partial charge is 0.201 e. The van der Waals surface area contributed by atoms with Crippen molar-refractivity contribution in [3.63, 3.8) is 0 Å². The zero-order valence-corrected chi connectivity index (χ0v) is 8.27. The predicted octanol–water partition coefficient (Wildman–Crippen LogP) is 0.992. The van der Waals surface area contributed by atoms with Gasteiger partial charge >= 0.3 is 0 Å². The molecule has 4 nitrogen and oxygen atoms in total. The summed E-state index contributed by atoms with van der Waals surface area (Å²) in [5.74, 6) is 0.440. The molecule has 2 N–H and O–H groups in total. The molecule has 1 heterocycles. The summed E-state index contributed by atoms with van der Waals surface area (Å²) in [4.78, 5) is 4.05. The molecule has 0 radical (unpaired) electrons. The summed E-state index contributed by atoms with van der Waals surface area (Å²) in [6.45, 7) is 1.45. The highest BCUT2D eigenvalue weighted by atomic mass is 15.1. The van der Waals surface area contributed by atoms with E-state index in [1.807, 2.05) is 36.4 Å². The number of aliphatic imine (C=N–C) groups is 1. The van der Waals surface area contributed by atoms with Crippen LogP contribution in [0.5, 0.6) is 0 Å². The third kappa shape index (κ3) is 2.47. The van der Waals surface area contributed by atoms with Crippen LogP contribution in [0.25, 0.3) is 0 Å². The van der Waals surface area contributed by atoms with Crippen LogP contribution in [0.2, 0.25) is 0 Å². The molecule has 1 aromatic carbocycles. The molecule has 0 amide bonds. The SMILES string of the molecule is N#CC1=NCC(CNc2ccccc2)N1. The summed E-state index contributed by atoms with van der Waals surface area (Å²) in [7, 11) is 0. The van der Waals surface area contributed by atoms with Gasteiger partial charge in [0.25, 0.3) is 0 Å². The van der Waals surface area contributed by atoms with Crippen LogP contribution in [-0.4, -0.2) is 25.0 Å². The first kappa shape index (κ1) is 9.53. The van der Waals surface area contributed by atoms with Gasteiger partial charge < -0.3 is 10.6 Å². The monoisotopic (exact) mass is 200 g/mol. The molecule has 2 rings (SSSR count). The van der Waals surface area contributed by atoms with Gasteiger partial charge in [0.2, 0.25) is 5.84 Å². The molecule has 1 unspecified atom stereocenters. The Bertz CT molecular complexity index is 391. The lowest BCUT2D eigenvalue weighted by Crippen LogP contribution is -2.35. The van der Waals surface area contributed by atoms with Crippen molar-refractivity contribution >= 4 is 11.5 Å². The van der Waals surface area contributed by atoms with Crippen LogP contribution in [0.1, 0.15) is 0 Å². The lowest BCUT2D eigenvalue weighted by Gasteiger charge is -2.12. The van der Waals surface area contributed by atoms with E-state index < -0.39 is 0 Å². The number of rotatable bonds is 3. The first-order valence-corrected chi connectivity index (χ1v) is 4.88. The highest BCUT2D eigenvalue weighted by Gasteiger charge is 2.15. The van der Waals surface area contributed by atoms with Crippen molar-refractivity contribution in [2.24, 2.45) is 4.99 Å². The standard InChI is InChI=1S/C11H12N4/c12-6-11-14-8-10(15-11)7-13-9-4-2-1-3-5-9/h1-5,10,13H,7-8H2,(H,14,15). The summed E-state index contributed by atoms with van der Waals surface area (Å²) in [5.41, 5.74) is 1.09. The molecule has 4 heteroatoms. The molecular formula is C11H12N4. The maximum Gasteiger partial charge on any atom is 0.201 e. The van der Waals surface area contributed by atoms with Crippen molar-refractivity contribution in [3.05, 3.63) is 30.3 Å². The van der Waals surface area contributed by atoms with Crippen molar-refractivity contribution in [1.29, 1.82) is 5.26 Å². The Morgan fingerprint density at radius 3 is 2.93 bits per heavy atom. The second kappa shape index (κ2) is 4.47. The van der Waals surface area contributed by atoms with Crippen molar-refractivity contribution in [1.82, 2.24) is 5.32 Å². The van der Waals surface area contributed by atoms with Crippen LogP contribution in [0.15, 0.2) is 35.3 Å². The van der Waals surface area contributed by atoms with Gasteiger partial charge in [-0.2, -0.15) is 5.26 Å². The van der Waals surface area contributed by atoms with Crippen LogP contribution >= 0.6 is 0 Å². The van der Waals surface area contributed by atoms with Gasteiger partial charge in [-0.1, -0.05) is 18.2 Å². The summed E-state index contributed by atoms with van der Waals surface area (Å²) in [6.07, 6.45) is 0. The minimum atomic E-state index is 0.222. The lowest BCUT2D eigenvalue weighted by atomic mass is 10.2. The van der Waals surface area contributed by atoms with E-state index >= 15 is 0 Å². The fourth-order valence-corrected chi connectivity index (χ4v) is 1.47. The Labute approximate surface area is 88.6 Å². The Hall–Kier alpha value is -2.02. The molecule has 1 aliphatic heterocycles. The molecule has 0 saturated heterocycles. The lowest BCUT2D eigenvalue weighted by molar-refractivity contribution is 0.689. The van der Waals surface area contributed by atoms with E-state index in [-0.39, 0.29) is 6.04 Å². The summed E-state index contributed by atoms with van der Waals surface area (Å²) < 4.78 is 0. The van der Waals surface area contributed by atoms with Crippen molar-refractivity contribution in [3.8, 4) is 6.07 Å². The number of benzene rings is 1. The predicted molar refractivity (Wildman–Crippen MR) is 59.8 cm³/mol. The summed E-state index contributed by atoms with van der Waals surface area (Å²) in [6, 6.07) is 12.2. The summed E-state index contributed by atoms with van der Waals surface area (Å²) in [5, 5.41) is 14.9. The van der Waals surface area contributed by atoms with E-state index in [2.05, 4.69) is 15.6 Å². The van der Waals surface area contributed by atoms with Crippen LogP contribution < -0.4 is 10.6 Å². The first-order valence-electron chi connectivity index (χ1n) is 4.88. The fourth-order valence-electron chi connectivity index (χ4n) is 1.47. The average molecular weight is 200 g/mol. The molecule has 0 spiro atoms. The highest BCUT2D eigenvalue weighted by Crippen LogP contribution is 2.05. The molecule has 0 aliphatic carbocycles. The van der Waals surface area contributed by atoms with Gasteiger partial charge in [-0.3, -0.25) is 4.99 Å². The van der Waals surface area contributed by atoms with Gasteiger partial charge in [-0.25, -0.2) is 0 Å². The second-order valence-electron chi connectivity index (χ2n) is 3.39. The Kier molecular flexibility index (Phi) is 2.84. The number of hydrogen-bond acceptors (Lipinski definition) is 4. The molecule has 0 fully saturated rings. The van der Waals surface area contributed by atoms with E-state index in [0.29, 0.717) is 12.4 Å². The number of hydrogen-bond donors (Lipinski definition) is 2. The zero-order valence-electron chi connectivity index (χ0n) is 8.27. The van der Waals surface area contributed by atoms with E-state index in [4.69, 9.17) is 5.26 Å². The normalized spacial score (nSPS) is 18.9. The van der Waals surface area contributed by atoms with Gasteiger partial charge in [-0.15, -0.1) is 0 Å². The van der Waals surface area contributed by atoms with E-state index in [1.165, 1.54) is 0 Å². The molecule has 0 bridgehead atoms. The topological polar surface area (TPSA) is 60.2 Å². The number of nitrogens with zero attached hydrogens (tertiary/aromatic N) is 2. The maximum absolute atomic E-state index is 8.61. The minimum Gasteiger partial charge on any atom is -0.383 e. The maximum atomic E-state index is 8.61. The Balaban J connectivity index is 1.80. The second-order valence-corrected chi connectivity index (χ2v) is 3.39. The molecule has 15 heavy (non-hydrogen) atoms. The van der Waals surface area contributed by atoms with E-state index in [1.54, 1.807) is 0 Å². The minimum absolute atomic E-state index is 0.222. The van der Waals surface area contributed by atoms with E-state index in [9.17, 15) is 0 Å². The van der Waals surface area contributed by atoms with Crippen LogP contribution in [0.3, 0.4) is 0 Å². The van der Waals surface area contributed by atoms with Crippen molar-refractivity contribution in [2.75, 3.05) is 18.4 Å². The third-order valence-electron chi connectivity index (χ3n) is 2.24. The average Bonchev–Trinajstić information content (AvgIpc) is 2.76. The summed E-state index contributed by atoms with van der Waals surface area (Å²) >= 11 is 0. The highest BCUT2D eigenvalue weighted by molar-refractivity contribution is 5.97. The number of amidine groups is 1. The third-order valence-corrected chi connectivity index (χ3v) is 2.24. The quantitative estimate of drug-likeness (QED) is 0.765. The van der Waals surface area contributed by atoms with Crippen LogP contribution in [-0.2, 0) is 0 Å². The van der Waals surface area contributed by atoms with E-state index in [0.717, 1.165) is 12.2 Å².